The first-order chi connectivity index (χ1) is 8.17. The third-order valence-corrected chi connectivity index (χ3v) is 3.44. The maximum atomic E-state index is 8.81. The van der Waals surface area contributed by atoms with Gasteiger partial charge in [0, 0.05) is 28.8 Å². The standard InChI is InChI=1S/C13H21IN2O/c1-10(4-3-7-17)16-13(9-15)11-5-2-6-12(14)8-11/h2,5-6,8,10,13,16-17H,3-4,7,9,15H2,1H3. The predicted octanol–water partition coefficient (Wildman–Crippen LogP) is 2.04. The van der Waals surface area contributed by atoms with E-state index in [1.54, 1.807) is 0 Å². The van der Waals surface area contributed by atoms with E-state index in [2.05, 4.69) is 59.1 Å². The summed E-state index contributed by atoms with van der Waals surface area (Å²) < 4.78 is 1.23. The number of hydrogen-bond donors (Lipinski definition) is 3. The predicted molar refractivity (Wildman–Crippen MR) is 79.9 cm³/mol. The fourth-order valence-corrected chi connectivity index (χ4v) is 2.42. The first-order valence-corrected chi connectivity index (χ1v) is 7.07. The summed E-state index contributed by atoms with van der Waals surface area (Å²) in [6.45, 7) is 2.97. The van der Waals surface area contributed by atoms with E-state index in [4.69, 9.17) is 10.8 Å². The third kappa shape index (κ3) is 5.33. The smallest absolute Gasteiger partial charge is 0.0446 e. The minimum Gasteiger partial charge on any atom is -0.396 e. The van der Waals surface area contributed by atoms with E-state index in [-0.39, 0.29) is 12.6 Å². The van der Waals surface area contributed by atoms with Crippen molar-refractivity contribution in [3.63, 3.8) is 0 Å². The summed E-state index contributed by atoms with van der Waals surface area (Å²) in [4.78, 5) is 0. The minimum absolute atomic E-state index is 0.193. The Labute approximate surface area is 117 Å². The number of hydrogen-bond acceptors (Lipinski definition) is 3. The molecule has 0 saturated carbocycles. The number of benzene rings is 1. The van der Waals surface area contributed by atoms with Gasteiger partial charge in [0.05, 0.1) is 0 Å². The molecule has 1 aromatic rings. The van der Waals surface area contributed by atoms with E-state index in [0.717, 1.165) is 12.8 Å². The fraction of sp³-hybridized carbons (Fsp3) is 0.538. The third-order valence-electron chi connectivity index (χ3n) is 2.77. The molecule has 0 aliphatic heterocycles. The molecule has 2 atom stereocenters. The first-order valence-electron chi connectivity index (χ1n) is 5.99. The van der Waals surface area contributed by atoms with Crippen molar-refractivity contribution >= 4 is 22.6 Å². The van der Waals surface area contributed by atoms with Gasteiger partial charge in [-0.15, -0.1) is 0 Å². The van der Waals surface area contributed by atoms with Crippen LogP contribution in [0.5, 0.6) is 0 Å². The van der Waals surface area contributed by atoms with Crippen molar-refractivity contribution in [2.45, 2.75) is 31.8 Å². The van der Waals surface area contributed by atoms with Gasteiger partial charge in [0.25, 0.3) is 0 Å². The number of nitrogens with one attached hydrogen (secondary N) is 1. The average Bonchev–Trinajstić information content (AvgIpc) is 2.33. The molecule has 0 aliphatic rings. The van der Waals surface area contributed by atoms with Crippen LogP contribution in [-0.2, 0) is 0 Å². The summed E-state index contributed by atoms with van der Waals surface area (Å²) in [5, 5.41) is 12.3. The first kappa shape index (κ1) is 14.9. The van der Waals surface area contributed by atoms with Gasteiger partial charge >= 0.3 is 0 Å². The van der Waals surface area contributed by atoms with Gasteiger partial charge in [0.2, 0.25) is 0 Å². The summed E-state index contributed by atoms with van der Waals surface area (Å²) in [6.07, 6.45) is 1.80. The summed E-state index contributed by atoms with van der Waals surface area (Å²) in [7, 11) is 0. The van der Waals surface area contributed by atoms with Crippen LogP contribution in [-0.4, -0.2) is 24.3 Å². The van der Waals surface area contributed by atoms with Crippen LogP contribution in [0, 0.1) is 3.57 Å². The van der Waals surface area contributed by atoms with E-state index in [1.165, 1.54) is 9.13 Å². The second-order valence-electron chi connectivity index (χ2n) is 4.28. The van der Waals surface area contributed by atoms with Gasteiger partial charge in [0.1, 0.15) is 0 Å². The van der Waals surface area contributed by atoms with Crippen LogP contribution >= 0.6 is 22.6 Å². The SMILES string of the molecule is CC(CCCO)NC(CN)c1cccc(I)c1. The molecule has 17 heavy (non-hydrogen) atoms. The van der Waals surface area contributed by atoms with Crippen LogP contribution in [0.15, 0.2) is 24.3 Å². The Morgan fingerprint density at radius 3 is 2.82 bits per heavy atom. The van der Waals surface area contributed by atoms with Crippen LogP contribution in [0.2, 0.25) is 0 Å². The van der Waals surface area contributed by atoms with Crippen LogP contribution in [0.1, 0.15) is 31.4 Å². The average molecular weight is 348 g/mol. The Morgan fingerprint density at radius 2 is 2.24 bits per heavy atom. The highest BCUT2D eigenvalue weighted by atomic mass is 127. The number of halogens is 1. The summed E-state index contributed by atoms with van der Waals surface area (Å²) >= 11 is 2.31. The normalized spacial score (nSPS) is 14.6. The molecule has 0 saturated heterocycles. The maximum Gasteiger partial charge on any atom is 0.0446 e. The lowest BCUT2D eigenvalue weighted by Crippen LogP contribution is -2.35. The second-order valence-corrected chi connectivity index (χ2v) is 5.52. The minimum atomic E-state index is 0.193. The van der Waals surface area contributed by atoms with Crippen LogP contribution in [0.3, 0.4) is 0 Å². The molecule has 96 valence electrons. The van der Waals surface area contributed by atoms with Gasteiger partial charge in [-0.3, -0.25) is 0 Å². The Morgan fingerprint density at radius 1 is 1.47 bits per heavy atom. The van der Waals surface area contributed by atoms with Gasteiger partial charge in [0.15, 0.2) is 0 Å². The molecule has 2 unspecified atom stereocenters. The second kappa shape index (κ2) is 8.02. The number of rotatable bonds is 7. The maximum absolute atomic E-state index is 8.81. The molecule has 0 heterocycles. The topological polar surface area (TPSA) is 58.3 Å². The van der Waals surface area contributed by atoms with Crippen molar-refractivity contribution in [2.24, 2.45) is 5.73 Å². The summed E-state index contributed by atoms with van der Waals surface area (Å²) in [6, 6.07) is 8.95. The van der Waals surface area contributed by atoms with Gasteiger partial charge in [-0.05, 0) is 60.1 Å². The zero-order valence-electron chi connectivity index (χ0n) is 10.2. The Hall–Kier alpha value is -0.170. The molecule has 0 aromatic heterocycles. The monoisotopic (exact) mass is 348 g/mol. The van der Waals surface area contributed by atoms with Crippen LogP contribution < -0.4 is 11.1 Å². The summed E-state index contributed by atoms with van der Waals surface area (Å²) in [5.41, 5.74) is 7.05. The summed E-state index contributed by atoms with van der Waals surface area (Å²) in [5.74, 6) is 0. The van der Waals surface area contributed by atoms with E-state index >= 15 is 0 Å². The van der Waals surface area contributed by atoms with E-state index in [1.807, 2.05) is 0 Å². The Balaban J connectivity index is 2.59. The molecular formula is C13H21IN2O. The number of aliphatic hydroxyl groups excluding tert-OH is 1. The molecule has 1 aromatic carbocycles. The van der Waals surface area contributed by atoms with Crippen molar-refractivity contribution in [1.82, 2.24) is 5.32 Å². The molecule has 0 bridgehead atoms. The van der Waals surface area contributed by atoms with E-state index < -0.39 is 0 Å². The van der Waals surface area contributed by atoms with Crippen molar-refractivity contribution in [3.8, 4) is 0 Å². The van der Waals surface area contributed by atoms with Crippen molar-refractivity contribution < 1.29 is 5.11 Å². The highest BCUT2D eigenvalue weighted by Crippen LogP contribution is 2.16. The lowest BCUT2D eigenvalue weighted by molar-refractivity contribution is 0.274. The zero-order valence-corrected chi connectivity index (χ0v) is 12.4. The van der Waals surface area contributed by atoms with Crippen molar-refractivity contribution in [1.29, 1.82) is 0 Å². The molecule has 4 heteroatoms. The fourth-order valence-electron chi connectivity index (χ4n) is 1.85. The molecule has 1 rings (SSSR count). The highest BCUT2D eigenvalue weighted by Gasteiger charge is 2.12. The van der Waals surface area contributed by atoms with Crippen molar-refractivity contribution in [2.75, 3.05) is 13.2 Å². The lowest BCUT2D eigenvalue weighted by Gasteiger charge is -2.22. The van der Waals surface area contributed by atoms with Gasteiger partial charge < -0.3 is 16.2 Å². The zero-order chi connectivity index (χ0) is 12.7. The molecule has 0 fully saturated rings. The number of aliphatic hydroxyl groups is 1. The van der Waals surface area contributed by atoms with Gasteiger partial charge in [-0.2, -0.15) is 0 Å². The molecule has 0 amide bonds. The lowest BCUT2D eigenvalue weighted by atomic mass is 10.1. The van der Waals surface area contributed by atoms with Gasteiger partial charge in [-0.25, -0.2) is 0 Å². The largest absolute Gasteiger partial charge is 0.396 e. The molecule has 3 nitrogen and oxygen atoms in total. The molecule has 0 spiro atoms. The van der Waals surface area contributed by atoms with Crippen LogP contribution in [0.25, 0.3) is 0 Å². The molecule has 0 aliphatic carbocycles. The van der Waals surface area contributed by atoms with E-state index in [0.29, 0.717) is 12.6 Å². The molecule has 4 N–H and O–H groups in total. The molecular weight excluding hydrogens is 327 g/mol. The number of nitrogens with two attached hydrogens (primary N) is 1. The quantitative estimate of drug-likeness (QED) is 0.661. The molecule has 0 radical (unpaired) electrons. The highest BCUT2D eigenvalue weighted by molar-refractivity contribution is 14.1. The Kier molecular flexibility index (Phi) is 7.03. The van der Waals surface area contributed by atoms with Crippen LogP contribution in [0.4, 0.5) is 0 Å². The van der Waals surface area contributed by atoms with Crippen molar-refractivity contribution in [3.05, 3.63) is 33.4 Å². The Bertz CT molecular complexity index is 333. The van der Waals surface area contributed by atoms with Gasteiger partial charge in [-0.1, -0.05) is 12.1 Å². The van der Waals surface area contributed by atoms with E-state index in [9.17, 15) is 0 Å².